The van der Waals surface area contributed by atoms with Crippen LogP contribution in [0.25, 0.3) is 0 Å². The van der Waals surface area contributed by atoms with E-state index in [1.807, 2.05) is 0 Å². The molecule has 7 nitrogen and oxygen atoms in total. The molecular formula is C16H21F3N4O3. The second-order valence-corrected chi connectivity index (χ2v) is 6.69. The number of H-pyrrole nitrogens is 1. The zero-order valence-electron chi connectivity index (χ0n) is 14.1. The highest BCUT2D eigenvalue weighted by Gasteiger charge is 2.45. The van der Waals surface area contributed by atoms with Gasteiger partial charge in [-0.15, -0.1) is 0 Å². The number of aromatic nitrogens is 2. The van der Waals surface area contributed by atoms with E-state index < -0.39 is 18.8 Å². The third-order valence-electron chi connectivity index (χ3n) is 4.92. The molecule has 26 heavy (non-hydrogen) atoms. The first-order valence-corrected chi connectivity index (χ1v) is 8.61. The summed E-state index contributed by atoms with van der Waals surface area (Å²) in [5.41, 5.74) is 0.440. The van der Waals surface area contributed by atoms with E-state index in [2.05, 4.69) is 15.5 Å². The molecule has 2 aliphatic rings. The van der Waals surface area contributed by atoms with Gasteiger partial charge in [-0.25, -0.2) is 0 Å². The number of hydrogen-bond donors (Lipinski definition) is 2. The van der Waals surface area contributed by atoms with Gasteiger partial charge in [0.05, 0.1) is 24.9 Å². The Hall–Kier alpha value is -2.10. The SMILES string of the molecule is O=C(NC1CCC(C(=O)N2CCOC(C(F)(F)F)C2)CC1)c1cn[nH]c1. The normalized spacial score (nSPS) is 27.2. The molecule has 1 saturated heterocycles. The largest absolute Gasteiger partial charge is 0.416 e. The van der Waals surface area contributed by atoms with Gasteiger partial charge < -0.3 is 15.0 Å². The van der Waals surface area contributed by atoms with Crippen molar-refractivity contribution in [3.05, 3.63) is 18.0 Å². The molecule has 1 unspecified atom stereocenters. The predicted octanol–water partition coefficient (Wildman–Crippen LogP) is 1.49. The first kappa shape index (κ1) is 18.7. The van der Waals surface area contributed by atoms with Crippen LogP contribution in [0.2, 0.25) is 0 Å². The van der Waals surface area contributed by atoms with Gasteiger partial charge in [-0.1, -0.05) is 0 Å². The fourth-order valence-corrected chi connectivity index (χ4v) is 3.43. The Morgan fingerprint density at radius 1 is 1.27 bits per heavy atom. The number of morpholine rings is 1. The Labute approximate surface area is 148 Å². The highest BCUT2D eigenvalue weighted by atomic mass is 19.4. The number of carbonyl (C=O) groups is 2. The van der Waals surface area contributed by atoms with Crippen LogP contribution in [0.5, 0.6) is 0 Å². The van der Waals surface area contributed by atoms with Crippen molar-refractivity contribution < 1.29 is 27.5 Å². The van der Waals surface area contributed by atoms with Gasteiger partial charge >= 0.3 is 6.18 Å². The first-order chi connectivity index (χ1) is 12.3. The fraction of sp³-hybridized carbons (Fsp3) is 0.688. The van der Waals surface area contributed by atoms with Gasteiger partial charge in [0.25, 0.3) is 5.91 Å². The van der Waals surface area contributed by atoms with Crippen molar-refractivity contribution in [3.8, 4) is 0 Å². The van der Waals surface area contributed by atoms with Crippen LogP contribution in [0, 0.1) is 5.92 Å². The van der Waals surface area contributed by atoms with Crippen molar-refractivity contribution in [3.63, 3.8) is 0 Å². The number of amides is 2. The van der Waals surface area contributed by atoms with E-state index in [9.17, 15) is 22.8 Å². The quantitative estimate of drug-likeness (QED) is 0.839. The maximum atomic E-state index is 12.8. The molecule has 1 aliphatic carbocycles. The molecule has 0 bridgehead atoms. The summed E-state index contributed by atoms with van der Waals surface area (Å²) in [6.45, 7) is -0.367. The van der Waals surface area contributed by atoms with Crippen molar-refractivity contribution in [2.75, 3.05) is 19.7 Å². The van der Waals surface area contributed by atoms with Crippen molar-refractivity contribution in [2.24, 2.45) is 5.92 Å². The number of carbonyl (C=O) groups excluding carboxylic acids is 2. The van der Waals surface area contributed by atoms with Gasteiger partial charge in [0.2, 0.25) is 5.91 Å². The first-order valence-electron chi connectivity index (χ1n) is 8.61. The molecule has 144 valence electrons. The Morgan fingerprint density at radius 2 is 2.00 bits per heavy atom. The van der Waals surface area contributed by atoms with E-state index in [0.717, 1.165) is 0 Å². The maximum Gasteiger partial charge on any atom is 0.416 e. The Kier molecular flexibility index (Phi) is 5.49. The smallest absolute Gasteiger partial charge is 0.365 e. The standard InChI is InChI=1S/C16H21F3N4O3/c17-16(18,19)13-9-23(5-6-26-13)15(25)10-1-3-12(4-2-10)22-14(24)11-7-20-21-8-11/h7-8,10,12-13H,1-6,9H2,(H,20,21)(H,22,24). The summed E-state index contributed by atoms with van der Waals surface area (Å²) in [6, 6.07) is -0.0472. The fourth-order valence-electron chi connectivity index (χ4n) is 3.43. The van der Waals surface area contributed by atoms with Crippen molar-refractivity contribution in [2.45, 2.75) is 44.0 Å². The molecule has 10 heteroatoms. The lowest BCUT2D eigenvalue weighted by atomic mass is 9.85. The zero-order chi connectivity index (χ0) is 18.7. The maximum absolute atomic E-state index is 12.8. The van der Waals surface area contributed by atoms with Crippen LogP contribution in [0.15, 0.2) is 12.4 Å². The molecule has 2 heterocycles. The topological polar surface area (TPSA) is 87.3 Å². The second kappa shape index (κ2) is 7.65. The molecular weight excluding hydrogens is 353 g/mol. The van der Waals surface area contributed by atoms with Gasteiger partial charge in [0, 0.05) is 24.7 Å². The molecule has 2 N–H and O–H groups in total. The van der Waals surface area contributed by atoms with Crippen LogP contribution >= 0.6 is 0 Å². The van der Waals surface area contributed by atoms with Gasteiger partial charge in [-0.05, 0) is 25.7 Å². The molecule has 3 rings (SSSR count). The van der Waals surface area contributed by atoms with E-state index in [1.54, 1.807) is 0 Å². The lowest BCUT2D eigenvalue weighted by molar-refractivity contribution is -0.236. The molecule has 0 radical (unpaired) electrons. The Morgan fingerprint density at radius 3 is 2.62 bits per heavy atom. The van der Waals surface area contributed by atoms with Crippen molar-refractivity contribution >= 4 is 11.8 Å². The summed E-state index contributed by atoms with van der Waals surface area (Å²) < 4.78 is 43.1. The number of rotatable bonds is 3. The van der Waals surface area contributed by atoms with Gasteiger partial charge in [0.1, 0.15) is 0 Å². The summed E-state index contributed by atoms with van der Waals surface area (Å²) >= 11 is 0. The van der Waals surface area contributed by atoms with Crippen LogP contribution in [-0.2, 0) is 9.53 Å². The summed E-state index contributed by atoms with van der Waals surface area (Å²) in [5.74, 6) is -0.777. The highest BCUT2D eigenvalue weighted by Crippen LogP contribution is 2.29. The number of aromatic amines is 1. The average Bonchev–Trinajstić information content (AvgIpc) is 3.16. The van der Waals surface area contributed by atoms with Crippen LogP contribution in [0.3, 0.4) is 0 Å². The number of hydrogen-bond acceptors (Lipinski definition) is 4. The molecule has 1 atom stereocenters. The monoisotopic (exact) mass is 374 g/mol. The molecule has 2 amide bonds. The molecule has 1 saturated carbocycles. The van der Waals surface area contributed by atoms with E-state index in [4.69, 9.17) is 4.74 Å². The zero-order valence-corrected chi connectivity index (χ0v) is 14.1. The van der Waals surface area contributed by atoms with E-state index >= 15 is 0 Å². The Balaban J connectivity index is 1.48. The number of alkyl halides is 3. The van der Waals surface area contributed by atoms with E-state index in [1.165, 1.54) is 17.3 Å². The van der Waals surface area contributed by atoms with Crippen LogP contribution in [0.4, 0.5) is 13.2 Å². The lowest BCUT2D eigenvalue weighted by Gasteiger charge is -2.37. The van der Waals surface area contributed by atoms with Crippen LogP contribution < -0.4 is 5.32 Å². The Bertz CT molecular complexity index is 627. The summed E-state index contributed by atoms with van der Waals surface area (Å²) in [6.07, 6.45) is -1.12. The molecule has 0 spiro atoms. The number of ether oxygens (including phenoxy) is 1. The van der Waals surface area contributed by atoms with Crippen molar-refractivity contribution in [1.82, 2.24) is 20.4 Å². The summed E-state index contributed by atoms with van der Waals surface area (Å²) in [5, 5.41) is 9.18. The van der Waals surface area contributed by atoms with Crippen LogP contribution in [0.1, 0.15) is 36.0 Å². The van der Waals surface area contributed by atoms with Gasteiger partial charge in [0.15, 0.2) is 6.10 Å². The summed E-state index contributed by atoms with van der Waals surface area (Å²) in [7, 11) is 0. The van der Waals surface area contributed by atoms with E-state index in [0.29, 0.717) is 31.2 Å². The lowest BCUT2D eigenvalue weighted by Crippen LogP contribution is -2.53. The minimum absolute atomic E-state index is 0.0472. The molecule has 0 aromatic carbocycles. The summed E-state index contributed by atoms with van der Waals surface area (Å²) in [4.78, 5) is 25.8. The minimum atomic E-state index is -4.46. The minimum Gasteiger partial charge on any atom is -0.365 e. The van der Waals surface area contributed by atoms with E-state index in [-0.39, 0.29) is 36.9 Å². The third-order valence-corrected chi connectivity index (χ3v) is 4.92. The molecule has 1 aromatic rings. The molecule has 2 fully saturated rings. The number of nitrogens with one attached hydrogen (secondary N) is 2. The van der Waals surface area contributed by atoms with Gasteiger partial charge in [-0.2, -0.15) is 18.3 Å². The second-order valence-electron chi connectivity index (χ2n) is 6.69. The van der Waals surface area contributed by atoms with Gasteiger partial charge in [-0.3, -0.25) is 14.7 Å². The average molecular weight is 374 g/mol. The number of nitrogens with zero attached hydrogens (tertiary/aromatic N) is 2. The third kappa shape index (κ3) is 4.35. The molecule has 1 aliphatic heterocycles. The van der Waals surface area contributed by atoms with Crippen molar-refractivity contribution in [1.29, 1.82) is 0 Å². The number of halogens is 3. The highest BCUT2D eigenvalue weighted by molar-refractivity contribution is 5.93. The predicted molar refractivity (Wildman–Crippen MR) is 84.2 cm³/mol. The molecule has 1 aromatic heterocycles. The van der Waals surface area contributed by atoms with Crippen LogP contribution in [-0.4, -0.2) is 64.9 Å².